The summed E-state index contributed by atoms with van der Waals surface area (Å²) in [5.74, 6) is 1.26. The Morgan fingerprint density at radius 3 is 2.18 bits per heavy atom. The largest absolute Gasteiger partial charge is 0.353 e. The molecule has 0 heterocycles. The maximum Gasteiger partial charge on any atom is 0.224 e. The quantitative estimate of drug-likeness (QED) is 0.687. The van der Waals surface area contributed by atoms with Crippen LogP contribution in [0.4, 0.5) is 0 Å². The average molecular weight is 242 g/mol. The first-order chi connectivity index (χ1) is 7.90. The van der Waals surface area contributed by atoms with Gasteiger partial charge < -0.3 is 11.1 Å². The molecule has 0 aromatic heterocycles. The van der Waals surface area contributed by atoms with E-state index in [1.165, 1.54) is 0 Å². The van der Waals surface area contributed by atoms with Gasteiger partial charge in [0.25, 0.3) is 0 Å². The molecular weight excluding hydrogens is 212 g/mol. The van der Waals surface area contributed by atoms with Crippen molar-refractivity contribution in [3.05, 3.63) is 0 Å². The number of rotatable bonds is 8. The van der Waals surface area contributed by atoms with Gasteiger partial charge in [-0.3, -0.25) is 4.79 Å². The van der Waals surface area contributed by atoms with Crippen molar-refractivity contribution in [1.29, 1.82) is 0 Å². The van der Waals surface area contributed by atoms with Crippen molar-refractivity contribution < 1.29 is 4.79 Å². The summed E-state index contributed by atoms with van der Waals surface area (Å²) >= 11 is 0. The van der Waals surface area contributed by atoms with E-state index in [0.29, 0.717) is 18.4 Å². The van der Waals surface area contributed by atoms with Gasteiger partial charge in [-0.05, 0) is 31.6 Å². The minimum atomic E-state index is -0.0330. The summed E-state index contributed by atoms with van der Waals surface area (Å²) in [5.41, 5.74) is 5.66. The van der Waals surface area contributed by atoms with Crippen molar-refractivity contribution in [2.45, 2.75) is 59.9 Å². The second-order valence-electron chi connectivity index (χ2n) is 5.72. The molecule has 17 heavy (non-hydrogen) atoms. The lowest BCUT2D eigenvalue weighted by molar-refractivity contribution is -0.125. The highest BCUT2D eigenvalue weighted by Crippen LogP contribution is 2.13. The van der Waals surface area contributed by atoms with E-state index < -0.39 is 0 Å². The Labute approximate surface area is 107 Å². The van der Waals surface area contributed by atoms with Crippen LogP contribution < -0.4 is 11.1 Å². The summed E-state index contributed by atoms with van der Waals surface area (Å²) in [7, 11) is 0. The molecule has 3 unspecified atom stereocenters. The molecule has 0 radical (unpaired) electrons. The van der Waals surface area contributed by atoms with E-state index >= 15 is 0 Å². The highest BCUT2D eigenvalue weighted by atomic mass is 16.1. The van der Waals surface area contributed by atoms with Crippen LogP contribution in [0.1, 0.15) is 53.9 Å². The predicted octanol–water partition coefficient (Wildman–Crippen LogP) is 2.55. The first-order valence-electron chi connectivity index (χ1n) is 6.91. The van der Waals surface area contributed by atoms with E-state index in [9.17, 15) is 4.79 Å². The number of amides is 1. The maximum absolute atomic E-state index is 12.0. The molecule has 1 amide bonds. The van der Waals surface area contributed by atoms with Crippen molar-refractivity contribution >= 4 is 5.91 Å². The number of nitrogens with one attached hydrogen (secondary N) is 1. The SMILES string of the molecule is CCC(C)CC(C)NC(=O)C(CN)CC(C)C. The smallest absolute Gasteiger partial charge is 0.224 e. The summed E-state index contributed by atoms with van der Waals surface area (Å²) in [6, 6.07) is 0.249. The number of hydrogen-bond donors (Lipinski definition) is 2. The molecule has 0 bridgehead atoms. The highest BCUT2D eigenvalue weighted by Gasteiger charge is 2.20. The Morgan fingerprint density at radius 2 is 1.76 bits per heavy atom. The van der Waals surface area contributed by atoms with E-state index in [1.54, 1.807) is 0 Å². The minimum absolute atomic E-state index is 0.0330. The van der Waals surface area contributed by atoms with Gasteiger partial charge in [0.15, 0.2) is 0 Å². The van der Waals surface area contributed by atoms with Gasteiger partial charge >= 0.3 is 0 Å². The molecule has 0 aromatic rings. The Hall–Kier alpha value is -0.570. The van der Waals surface area contributed by atoms with Gasteiger partial charge in [-0.25, -0.2) is 0 Å². The standard InChI is InChI=1S/C14H30N2O/c1-6-11(4)8-12(5)16-14(17)13(9-15)7-10(2)3/h10-13H,6-9,15H2,1-5H3,(H,16,17). The fraction of sp³-hybridized carbons (Fsp3) is 0.929. The zero-order valence-corrected chi connectivity index (χ0v) is 12.1. The van der Waals surface area contributed by atoms with Gasteiger partial charge in [-0.15, -0.1) is 0 Å². The van der Waals surface area contributed by atoms with Crippen LogP contribution in [0.2, 0.25) is 0 Å². The van der Waals surface area contributed by atoms with Gasteiger partial charge in [0.05, 0.1) is 5.92 Å². The van der Waals surface area contributed by atoms with Crippen molar-refractivity contribution in [2.75, 3.05) is 6.54 Å². The lowest BCUT2D eigenvalue weighted by Crippen LogP contribution is -2.41. The molecule has 0 aliphatic heterocycles. The maximum atomic E-state index is 12.0. The van der Waals surface area contributed by atoms with Gasteiger partial charge in [-0.1, -0.05) is 34.1 Å². The Bertz CT molecular complexity index is 216. The van der Waals surface area contributed by atoms with Gasteiger partial charge in [0.2, 0.25) is 5.91 Å². The molecule has 0 rings (SSSR count). The van der Waals surface area contributed by atoms with Gasteiger partial charge in [-0.2, -0.15) is 0 Å². The van der Waals surface area contributed by atoms with Crippen LogP contribution in [0.3, 0.4) is 0 Å². The van der Waals surface area contributed by atoms with Crippen molar-refractivity contribution in [2.24, 2.45) is 23.5 Å². The summed E-state index contributed by atoms with van der Waals surface area (Å²) in [4.78, 5) is 12.0. The third kappa shape index (κ3) is 7.37. The number of hydrogen-bond acceptors (Lipinski definition) is 2. The molecule has 3 heteroatoms. The molecule has 0 aromatic carbocycles. The summed E-state index contributed by atoms with van der Waals surface area (Å²) in [6.45, 7) is 11.2. The molecule has 0 saturated heterocycles. The monoisotopic (exact) mass is 242 g/mol. The second-order valence-corrected chi connectivity index (χ2v) is 5.72. The van der Waals surface area contributed by atoms with Crippen LogP contribution in [0, 0.1) is 17.8 Å². The molecule has 0 aliphatic rings. The van der Waals surface area contributed by atoms with E-state index in [-0.39, 0.29) is 17.9 Å². The van der Waals surface area contributed by atoms with Crippen molar-refractivity contribution in [1.82, 2.24) is 5.32 Å². The van der Waals surface area contributed by atoms with E-state index in [2.05, 4.69) is 39.9 Å². The van der Waals surface area contributed by atoms with Gasteiger partial charge in [0.1, 0.15) is 0 Å². The molecule has 3 atom stereocenters. The molecule has 102 valence electrons. The molecular formula is C14H30N2O. The van der Waals surface area contributed by atoms with Gasteiger partial charge in [0, 0.05) is 12.6 Å². The van der Waals surface area contributed by atoms with Crippen molar-refractivity contribution in [3.8, 4) is 0 Å². The summed E-state index contributed by atoms with van der Waals surface area (Å²) < 4.78 is 0. The highest BCUT2D eigenvalue weighted by molar-refractivity contribution is 5.79. The third-order valence-corrected chi connectivity index (χ3v) is 3.25. The normalized spacial score (nSPS) is 16.6. The van der Waals surface area contributed by atoms with Crippen LogP contribution in [-0.2, 0) is 4.79 Å². The molecule has 3 nitrogen and oxygen atoms in total. The Kier molecular flexibility index (Phi) is 8.23. The van der Waals surface area contributed by atoms with Crippen LogP contribution in [0.5, 0.6) is 0 Å². The van der Waals surface area contributed by atoms with E-state index in [4.69, 9.17) is 5.73 Å². The molecule has 0 spiro atoms. The molecule has 0 saturated carbocycles. The predicted molar refractivity (Wildman–Crippen MR) is 73.7 cm³/mol. The zero-order valence-electron chi connectivity index (χ0n) is 12.1. The number of carbonyl (C=O) groups excluding carboxylic acids is 1. The topological polar surface area (TPSA) is 55.1 Å². The van der Waals surface area contributed by atoms with E-state index in [0.717, 1.165) is 19.3 Å². The number of nitrogens with two attached hydrogens (primary N) is 1. The van der Waals surface area contributed by atoms with Crippen LogP contribution in [0.25, 0.3) is 0 Å². The fourth-order valence-electron chi connectivity index (χ4n) is 2.07. The Balaban J connectivity index is 4.12. The second kappa shape index (κ2) is 8.51. The summed E-state index contributed by atoms with van der Waals surface area (Å²) in [5, 5.41) is 3.08. The lowest BCUT2D eigenvalue weighted by Gasteiger charge is -2.22. The lowest BCUT2D eigenvalue weighted by atomic mass is 9.95. The third-order valence-electron chi connectivity index (χ3n) is 3.25. The fourth-order valence-corrected chi connectivity index (χ4v) is 2.07. The molecule has 0 aliphatic carbocycles. The summed E-state index contributed by atoms with van der Waals surface area (Å²) in [6.07, 6.45) is 3.08. The average Bonchev–Trinajstić information content (AvgIpc) is 2.24. The van der Waals surface area contributed by atoms with Crippen LogP contribution in [0.15, 0.2) is 0 Å². The number of carbonyl (C=O) groups is 1. The molecule has 3 N–H and O–H groups in total. The first-order valence-corrected chi connectivity index (χ1v) is 6.91. The zero-order chi connectivity index (χ0) is 13.4. The minimum Gasteiger partial charge on any atom is -0.353 e. The van der Waals surface area contributed by atoms with E-state index in [1.807, 2.05) is 0 Å². The van der Waals surface area contributed by atoms with Crippen LogP contribution in [-0.4, -0.2) is 18.5 Å². The molecule has 0 fully saturated rings. The van der Waals surface area contributed by atoms with Crippen LogP contribution >= 0.6 is 0 Å². The Morgan fingerprint density at radius 1 is 1.18 bits per heavy atom. The van der Waals surface area contributed by atoms with Crippen molar-refractivity contribution in [3.63, 3.8) is 0 Å². The first kappa shape index (κ1) is 16.4.